The summed E-state index contributed by atoms with van der Waals surface area (Å²) in [5, 5.41) is 1.37. The van der Waals surface area contributed by atoms with Gasteiger partial charge in [-0.25, -0.2) is 0 Å². The van der Waals surface area contributed by atoms with Crippen LogP contribution in [0.3, 0.4) is 0 Å². The van der Waals surface area contributed by atoms with Crippen LogP contribution in [0.15, 0.2) is 18.2 Å². The van der Waals surface area contributed by atoms with E-state index in [2.05, 4.69) is 6.92 Å². The van der Waals surface area contributed by atoms with Gasteiger partial charge in [-0.3, -0.25) is 0 Å². The lowest BCUT2D eigenvalue weighted by Gasteiger charge is -2.37. The molecule has 0 amide bonds. The second kappa shape index (κ2) is 4.56. The molecule has 2 rings (SSSR count). The fraction of sp³-hybridized carbons (Fsp3) is 0.538. The fourth-order valence-corrected chi connectivity index (χ4v) is 3.04. The maximum atomic E-state index is 6.47. The lowest BCUT2D eigenvalue weighted by atomic mass is 9.74. The number of benzene rings is 1. The first-order valence-corrected chi connectivity index (χ1v) is 6.51. The van der Waals surface area contributed by atoms with Crippen molar-refractivity contribution >= 4 is 23.2 Å². The lowest BCUT2D eigenvalue weighted by Crippen LogP contribution is -2.40. The van der Waals surface area contributed by atoms with Crippen molar-refractivity contribution in [3.05, 3.63) is 33.8 Å². The van der Waals surface area contributed by atoms with Gasteiger partial charge in [0.25, 0.3) is 0 Å². The number of hydrogen-bond donors (Lipinski definition) is 1. The molecule has 1 aliphatic carbocycles. The van der Waals surface area contributed by atoms with Gasteiger partial charge in [0.15, 0.2) is 0 Å². The molecule has 1 fully saturated rings. The third-order valence-corrected chi connectivity index (χ3v) is 4.18. The predicted molar refractivity (Wildman–Crippen MR) is 70.0 cm³/mol. The average Bonchev–Trinajstić information content (AvgIpc) is 2.22. The van der Waals surface area contributed by atoms with E-state index >= 15 is 0 Å². The molecule has 2 N–H and O–H groups in total. The molecule has 0 aliphatic heterocycles. The van der Waals surface area contributed by atoms with Gasteiger partial charge in [0.2, 0.25) is 0 Å². The molecule has 0 radical (unpaired) electrons. The van der Waals surface area contributed by atoms with Crippen LogP contribution >= 0.6 is 23.2 Å². The van der Waals surface area contributed by atoms with Gasteiger partial charge >= 0.3 is 0 Å². The smallest absolute Gasteiger partial charge is 0.0471 e. The van der Waals surface area contributed by atoms with Crippen LogP contribution < -0.4 is 5.73 Å². The monoisotopic (exact) mass is 257 g/mol. The molecule has 0 unspecified atom stereocenters. The summed E-state index contributed by atoms with van der Waals surface area (Å²) in [6, 6.07) is 5.63. The molecule has 1 aromatic rings. The Morgan fingerprint density at radius 2 is 1.88 bits per heavy atom. The number of nitrogens with two attached hydrogens (primary N) is 1. The van der Waals surface area contributed by atoms with E-state index in [0.29, 0.717) is 10.0 Å². The number of rotatable bonds is 1. The van der Waals surface area contributed by atoms with Crippen LogP contribution in [-0.2, 0) is 5.54 Å². The van der Waals surface area contributed by atoms with Gasteiger partial charge in [-0.2, -0.15) is 0 Å². The topological polar surface area (TPSA) is 26.0 Å². The summed E-state index contributed by atoms with van der Waals surface area (Å²) in [6.07, 6.45) is 4.37. The zero-order valence-corrected chi connectivity index (χ0v) is 11.0. The molecule has 0 spiro atoms. The van der Waals surface area contributed by atoms with Crippen LogP contribution in [0.25, 0.3) is 0 Å². The van der Waals surface area contributed by atoms with Crippen LogP contribution in [0.2, 0.25) is 10.0 Å². The van der Waals surface area contributed by atoms with Crippen LogP contribution in [0, 0.1) is 5.92 Å². The molecule has 3 heteroatoms. The third kappa shape index (κ3) is 2.37. The van der Waals surface area contributed by atoms with E-state index in [0.717, 1.165) is 24.3 Å². The van der Waals surface area contributed by atoms with Crippen molar-refractivity contribution < 1.29 is 0 Å². The summed E-state index contributed by atoms with van der Waals surface area (Å²) in [4.78, 5) is 0. The predicted octanol–water partition coefficient (Wildman–Crippen LogP) is 4.36. The summed E-state index contributed by atoms with van der Waals surface area (Å²) in [5.41, 5.74) is 7.26. The third-order valence-electron chi connectivity index (χ3n) is 3.63. The van der Waals surface area contributed by atoms with E-state index in [1.807, 2.05) is 12.1 Å². The first-order valence-electron chi connectivity index (χ1n) is 5.76. The van der Waals surface area contributed by atoms with E-state index in [-0.39, 0.29) is 5.54 Å². The molecule has 16 heavy (non-hydrogen) atoms. The van der Waals surface area contributed by atoms with Crippen LogP contribution in [0.1, 0.15) is 38.2 Å². The van der Waals surface area contributed by atoms with Gasteiger partial charge in [-0.1, -0.05) is 36.2 Å². The Hall–Kier alpha value is -0.240. The zero-order valence-electron chi connectivity index (χ0n) is 9.47. The largest absolute Gasteiger partial charge is 0.321 e. The highest BCUT2D eigenvalue weighted by Crippen LogP contribution is 2.40. The molecular formula is C13H17Cl2N. The SMILES string of the molecule is CC1CCC(N)(c2ccc(Cl)cc2Cl)CC1. The summed E-state index contributed by atoms with van der Waals surface area (Å²) >= 11 is 12.1. The summed E-state index contributed by atoms with van der Waals surface area (Å²) in [5.74, 6) is 0.780. The number of hydrogen-bond acceptors (Lipinski definition) is 1. The van der Waals surface area contributed by atoms with Gasteiger partial charge in [0.1, 0.15) is 0 Å². The molecule has 1 aliphatic rings. The van der Waals surface area contributed by atoms with Crippen molar-refractivity contribution in [1.82, 2.24) is 0 Å². The molecular weight excluding hydrogens is 241 g/mol. The first kappa shape index (κ1) is 12.2. The Morgan fingerprint density at radius 3 is 2.44 bits per heavy atom. The van der Waals surface area contributed by atoms with Gasteiger partial charge < -0.3 is 5.73 Å². The highest BCUT2D eigenvalue weighted by atomic mass is 35.5. The average molecular weight is 258 g/mol. The molecule has 0 saturated heterocycles. The van der Waals surface area contributed by atoms with E-state index in [1.165, 1.54) is 12.8 Å². The molecule has 88 valence electrons. The molecule has 0 bridgehead atoms. The van der Waals surface area contributed by atoms with Crippen LogP contribution in [-0.4, -0.2) is 0 Å². The van der Waals surface area contributed by atoms with Crippen molar-refractivity contribution in [2.75, 3.05) is 0 Å². The second-order valence-corrected chi connectivity index (χ2v) is 5.81. The molecule has 1 aromatic carbocycles. The van der Waals surface area contributed by atoms with E-state index in [1.54, 1.807) is 6.07 Å². The van der Waals surface area contributed by atoms with E-state index in [9.17, 15) is 0 Å². The lowest BCUT2D eigenvalue weighted by molar-refractivity contribution is 0.248. The highest BCUT2D eigenvalue weighted by molar-refractivity contribution is 6.35. The summed E-state index contributed by atoms with van der Waals surface area (Å²) in [6.45, 7) is 2.28. The Labute approximate surface area is 107 Å². The normalized spacial score (nSPS) is 30.4. The van der Waals surface area contributed by atoms with E-state index in [4.69, 9.17) is 28.9 Å². The molecule has 1 nitrogen and oxygen atoms in total. The first-order chi connectivity index (χ1) is 7.51. The van der Waals surface area contributed by atoms with Gasteiger partial charge in [-0.05, 0) is 49.3 Å². The van der Waals surface area contributed by atoms with Crippen molar-refractivity contribution in [2.24, 2.45) is 11.7 Å². The van der Waals surface area contributed by atoms with Crippen LogP contribution in [0.4, 0.5) is 0 Å². The number of halogens is 2. The Kier molecular flexibility index (Phi) is 3.48. The standard InChI is InChI=1S/C13H17Cl2N/c1-9-4-6-13(16,7-5-9)11-3-2-10(14)8-12(11)15/h2-3,8-9H,4-7,16H2,1H3. The van der Waals surface area contributed by atoms with Crippen LogP contribution in [0.5, 0.6) is 0 Å². The molecule has 0 heterocycles. The quantitative estimate of drug-likeness (QED) is 0.795. The zero-order chi connectivity index (χ0) is 11.8. The fourth-order valence-electron chi connectivity index (χ4n) is 2.44. The minimum absolute atomic E-state index is 0.256. The minimum atomic E-state index is -0.256. The second-order valence-electron chi connectivity index (χ2n) is 4.96. The molecule has 0 atom stereocenters. The van der Waals surface area contributed by atoms with Gasteiger partial charge in [0.05, 0.1) is 0 Å². The molecule has 1 saturated carbocycles. The van der Waals surface area contributed by atoms with Gasteiger partial charge in [0, 0.05) is 15.6 Å². The summed E-state index contributed by atoms with van der Waals surface area (Å²) < 4.78 is 0. The molecule has 0 aromatic heterocycles. The Bertz CT molecular complexity index is 382. The van der Waals surface area contributed by atoms with Crippen molar-refractivity contribution in [3.8, 4) is 0 Å². The Balaban J connectivity index is 2.29. The maximum Gasteiger partial charge on any atom is 0.0471 e. The minimum Gasteiger partial charge on any atom is -0.321 e. The van der Waals surface area contributed by atoms with E-state index < -0.39 is 0 Å². The maximum absolute atomic E-state index is 6.47. The van der Waals surface area contributed by atoms with Gasteiger partial charge in [-0.15, -0.1) is 0 Å². The van der Waals surface area contributed by atoms with Crippen molar-refractivity contribution in [1.29, 1.82) is 0 Å². The van der Waals surface area contributed by atoms with Crippen molar-refractivity contribution in [3.63, 3.8) is 0 Å². The Morgan fingerprint density at radius 1 is 1.25 bits per heavy atom. The summed E-state index contributed by atoms with van der Waals surface area (Å²) in [7, 11) is 0. The highest BCUT2D eigenvalue weighted by Gasteiger charge is 2.33. The van der Waals surface area contributed by atoms with Crippen molar-refractivity contribution in [2.45, 2.75) is 38.1 Å².